The number of phosphoric ester groups is 2. The lowest BCUT2D eigenvalue weighted by Gasteiger charge is -2.21. The van der Waals surface area contributed by atoms with E-state index in [0.717, 1.165) is 102 Å². The first-order chi connectivity index (χ1) is 48.4. The summed E-state index contributed by atoms with van der Waals surface area (Å²) in [5.41, 5.74) is 0. The molecule has 0 rings (SSSR count). The number of hydrogen-bond donors (Lipinski definition) is 3. The molecule has 0 spiro atoms. The Balaban J connectivity index is 5.24. The third kappa shape index (κ3) is 74.3. The molecule has 0 aliphatic carbocycles. The third-order valence-electron chi connectivity index (χ3n) is 19.0. The van der Waals surface area contributed by atoms with E-state index in [2.05, 4.69) is 41.5 Å². The van der Waals surface area contributed by atoms with E-state index in [4.69, 9.17) is 37.0 Å². The first kappa shape index (κ1) is 98.1. The van der Waals surface area contributed by atoms with E-state index >= 15 is 0 Å². The predicted molar refractivity (Wildman–Crippen MR) is 409 cm³/mol. The molecule has 3 N–H and O–H groups in total. The number of rotatable bonds is 80. The van der Waals surface area contributed by atoms with Crippen molar-refractivity contribution in [3.63, 3.8) is 0 Å². The van der Waals surface area contributed by atoms with Crippen molar-refractivity contribution in [1.29, 1.82) is 0 Å². The van der Waals surface area contributed by atoms with E-state index in [-0.39, 0.29) is 25.7 Å². The molecule has 5 atom stereocenters. The molecule has 0 aromatic carbocycles. The van der Waals surface area contributed by atoms with Crippen LogP contribution in [0.5, 0.6) is 0 Å². The van der Waals surface area contributed by atoms with Gasteiger partial charge in [0.2, 0.25) is 0 Å². The summed E-state index contributed by atoms with van der Waals surface area (Å²) in [5, 5.41) is 10.6. The predicted octanol–water partition coefficient (Wildman–Crippen LogP) is 24.3. The molecule has 0 bridgehead atoms. The van der Waals surface area contributed by atoms with Crippen molar-refractivity contribution in [1.82, 2.24) is 0 Å². The van der Waals surface area contributed by atoms with Crippen LogP contribution < -0.4 is 0 Å². The Labute approximate surface area is 613 Å². The van der Waals surface area contributed by atoms with Gasteiger partial charge in [-0.1, -0.05) is 375 Å². The van der Waals surface area contributed by atoms with Crippen LogP contribution in [0.15, 0.2) is 0 Å². The van der Waals surface area contributed by atoms with Gasteiger partial charge in [0.1, 0.15) is 19.3 Å². The molecule has 17 nitrogen and oxygen atoms in total. The van der Waals surface area contributed by atoms with Gasteiger partial charge in [-0.15, -0.1) is 0 Å². The number of aliphatic hydroxyl groups excluding tert-OH is 1. The highest BCUT2D eigenvalue weighted by Crippen LogP contribution is 2.45. The van der Waals surface area contributed by atoms with E-state index in [1.54, 1.807) is 0 Å². The highest BCUT2D eigenvalue weighted by Gasteiger charge is 2.30. The topological polar surface area (TPSA) is 237 Å². The van der Waals surface area contributed by atoms with E-state index in [9.17, 15) is 43.2 Å². The minimum absolute atomic E-state index is 0.108. The summed E-state index contributed by atoms with van der Waals surface area (Å²) in [6.45, 7) is 9.69. The van der Waals surface area contributed by atoms with Crippen LogP contribution in [0.25, 0.3) is 0 Å². The SMILES string of the molecule is CCCCCCCCCCCCCCCC(=O)O[C@H](COC(=O)CCCCCCCCCCCCC)COP(=O)(O)OC[C@H](O)COP(=O)(O)OC[C@@H](COC(=O)CCCCCCCCCCCCCCCCC(C)C)OC(=O)CCCCCCCCCCCCCCCCCCC(C)C. The molecule has 0 heterocycles. The number of hydrogen-bond acceptors (Lipinski definition) is 15. The van der Waals surface area contributed by atoms with Crippen LogP contribution in [0.4, 0.5) is 0 Å². The second kappa shape index (κ2) is 72.6. The molecule has 0 saturated carbocycles. The van der Waals surface area contributed by atoms with Crippen LogP contribution in [0.2, 0.25) is 0 Å². The van der Waals surface area contributed by atoms with Crippen molar-refractivity contribution in [3.05, 3.63) is 0 Å². The summed E-state index contributed by atoms with van der Waals surface area (Å²) in [7, 11) is -9.92. The van der Waals surface area contributed by atoms with Gasteiger partial charge in [0.25, 0.3) is 0 Å². The standard InChI is InChI=1S/C81H158O17P2/c1-7-9-11-13-15-17-19-26-35-41-47-53-59-65-80(85)97-76(69-91-78(83)63-57-51-45-39-31-18-16-14-12-10-8-2)71-95-99(87,88)93-67-75(82)68-94-100(89,90)96-72-77(70-92-79(84)64-58-52-46-40-34-29-25-24-28-33-38-44-50-56-62-74(5)6)98-81(86)66-60-54-48-42-36-30-23-21-20-22-27-32-37-43-49-55-61-73(3)4/h73-77,82H,7-72H2,1-6H3,(H,87,88)(H,89,90)/t75-,76+,77+/m0/s1. The summed E-state index contributed by atoms with van der Waals surface area (Å²) in [4.78, 5) is 73.0. The Morgan fingerprint density at radius 3 is 0.680 bits per heavy atom. The van der Waals surface area contributed by atoms with E-state index < -0.39 is 97.5 Å². The fraction of sp³-hybridized carbons (Fsp3) is 0.951. The van der Waals surface area contributed by atoms with Crippen molar-refractivity contribution in [2.45, 2.75) is 445 Å². The van der Waals surface area contributed by atoms with Gasteiger partial charge in [0.05, 0.1) is 26.4 Å². The van der Waals surface area contributed by atoms with Crippen molar-refractivity contribution >= 4 is 39.5 Å². The number of unbranched alkanes of at least 4 members (excludes halogenated alkanes) is 50. The molecule has 0 aromatic rings. The monoisotopic (exact) mass is 1470 g/mol. The quantitative estimate of drug-likeness (QED) is 0.0222. The van der Waals surface area contributed by atoms with E-state index in [0.29, 0.717) is 25.7 Å². The molecule has 0 saturated heterocycles. The molecule has 594 valence electrons. The maximum atomic E-state index is 13.1. The summed E-state index contributed by atoms with van der Waals surface area (Å²) < 4.78 is 68.7. The molecule has 19 heteroatoms. The molecular formula is C81H158O17P2. The van der Waals surface area contributed by atoms with Crippen molar-refractivity contribution in [2.24, 2.45) is 11.8 Å². The maximum absolute atomic E-state index is 13.1. The lowest BCUT2D eigenvalue weighted by atomic mass is 10.0. The number of phosphoric acid groups is 2. The fourth-order valence-electron chi connectivity index (χ4n) is 12.5. The molecule has 0 aliphatic rings. The molecule has 100 heavy (non-hydrogen) atoms. The Morgan fingerprint density at radius 2 is 0.460 bits per heavy atom. The van der Waals surface area contributed by atoms with Crippen molar-refractivity contribution < 1.29 is 80.2 Å². The zero-order chi connectivity index (χ0) is 73.5. The van der Waals surface area contributed by atoms with E-state index in [1.807, 2.05) is 0 Å². The van der Waals surface area contributed by atoms with Crippen LogP contribution in [0.1, 0.15) is 427 Å². The largest absolute Gasteiger partial charge is 0.472 e. The summed E-state index contributed by atoms with van der Waals surface area (Å²) in [6.07, 6.45) is 62.3. The highest BCUT2D eigenvalue weighted by molar-refractivity contribution is 7.47. The maximum Gasteiger partial charge on any atom is 0.472 e. The zero-order valence-corrected chi connectivity index (χ0v) is 67.3. The fourth-order valence-corrected chi connectivity index (χ4v) is 14.1. The van der Waals surface area contributed by atoms with Crippen molar-refractivity contribution in [2.75, 3.05) is 39.6 Å². The number of carbonyl (C=O) groups is 4. The minimum atomic E-state index is -4.96. The lowest BCUT2D eigenvalue weighted by molar-refractivity contribution is -0.161. The Hall–Kier alpha value is -1.94. The van der Waals surface area contributed by atoms with Gasteiger partial charge in [0, 0.05) is 25.7 Å². The molecule has 2 unspecified atom stereocenters. The zero-order valence-electron chi connectivity index (χ0n) is 65.5. The Morgan fingerprint density at radius 1 is 0.270 bits per heavy atom. The molecular weight excluding hydrogens is 1310 g/mol. The van der Waals surface area contributed by atoms with Crippen molar-refractivity contribution in [3.8, 4) is 0 Å². The van der Waals surface area contributed by atoms with E-state index in [1.165, 1.54) is 244 Å². The van der Waals surface area contributed by atoms with Crippen LogP contribution in [0.3, 0.4) is 0 Å². The van der Waals surface area contributed by atoms with Gasteiger partial charge in [0.15, 0.2) is 12.2 Å². The average molecular weight is 1470 g/mol. The summed E-state index contributed by atoms with van der Waals surface area (Å²) >= 11 is 0. The second-order valence-electron chi connectivity index (χ2n) is 30.1. The minimum Gasteiger partial charge on any atom is -0.462 e. The molecule has 0 radical (unpaired) electrons. The van der Waals surface area contributed by atoms with Gasteiger partial charge < -0.3 is 33.8 Å². The lowest BCUT2D eigenvalue weighted by Crippen LogP contribution is -2.30. The van der Waals surface area contributed by atoms with Gasteiger partial charge in [-0.3, -0.25) is 37.3 Å². The van der Waals surface area contributed by atoms with Crippen LogP contribution in [-0.4, -0.2) is 96.7 Å². The third-order valence-corrected chi connectivity index (χ3v) is 20.9. The molecule has 0 aliphatic heterocycles. The normalized spacial score (nSPS) is 13.9. The molecule has 0 amide bonds. The van der Waals surface area contributed by atoms with Crippen LogP contribution in [-0.2, 0) is 65.4 Å². The first-order valence-corrected chi connectivity index (χ1v) is 45.0. The van der Waals surface area contributed by atoms with Gasteiger partial charge in [-0.25, -0.2) is 9.13 Å². The Bertz CT molecular complexity index is 1920. The van der Waals surface area contributed by atoms with Gasteiger partial charge >= 0.3 is 39.5 Å². The highest BCUT2D eigenvalue weighted by atomic mass is 31.2. The average Bonchev–Trinajstić information content (AvgIpc) is 1.06. The number of carbonyl (C=O) groups excluding carboxylic acids is 4. The molecule has 0 aromatic heterocycles. The van der Waals surface area contributed by atoms with Crippen LogP contribution in [0, 0.1) is 11.8 Å². The first-order valence-electron chi connectivity index (χ1n) is 42.0. The second-order valence-corrected chi connectivity index (χ2v) is 33.0. The van der Waals surface area contributed by atoms with Gasteiger partial charge in [-0.2, -0.15) is 0 Å². The molecule has 0 fully saturated rings. The number of esters is 4. The van der Waals surface area contributed by atoms with Gasteiger partial charge in [-0.05, 0) is 37.5 Å². The van der Waals surface area contributed by atoms with Crippen LogP contribution >= 0.6 is 15.6 Å². The smallest absolute Gasteiger partial charge is 0.462 e. The summed E-state index contributed by atoms with van der Waals surface area (Å²) in [5.74, 6) is -0.498. The number of aliphatic hydroxyl groups is 1. The Kier molecular flexibility index (Phi) is 71.2. The number of ether oxygens (including phenoxy) is 4. The summed E-state index contributed by atoms with van der Waals surface area (Å²) in [6, 6.07) is 0.